The van der Waals surface area contributed by atoms with Crippen molar-refractivity contribution in [1.82, 2.24) is 0 Å². The van der Waals surface area contributed by atoms with Gasteiger partial charge in [-0.2, -0.15) is 17.6 Å². The van der Waals surface area contributed by atoms with Gasteiger partial charge in [0.15, 0.2) is 10.1 Å². The maximum atomic E-state index is 12.9. The lowest BCUT2D eigenvalue weighted by Crippen LogP contribution is -2.41. The van der Waals surface area contributed by atoms with Crippen molar-refractivity contribution in [3.05, 3.63) is 0 Å². The number of halogens is 6. The summed E-state index contributed by atoms with van der Waals surface area (Å²) in [6.07, 6.45) is -1.68. The third-order valence-corrected chi connectivity index (χ3v) is 6.44. The molecule has 0 aromatic heterocycles. The summed E-state index contributed by atoms with van der Waals surface area (Å²) in [5, 5.41) is -9.64. The van der Waals surface area contributed by atoms with Gasteiger partial charge in [-0.1, -0.05) is 39.5 Å². The number of esters is 2. The Morgan fingerprint density at radius 1 is 0.750 bits per heavy atom. The minimum Gasteiger partial charge on any atom is -0.743 e. The van der Waals surface area contributed by atoms with Crippen LogP contribution in [0.2, 0.25) is 0 Å². The first-order valence-corrected chi connectivity index (χ1v) is 14.1. The van der Waals surface area contributed by atoms with Gasteiger partial charge in [-0.15, -0.1) is 0 Å². The quantitative estimate of drug-likeness (QED) is 0.115. The highest BCUT2D eigenvalue weighted by atomic mass is 32.2. The van der Waals surface area contributed by atoms with Gasteiger partial charge in [-0.3, -0.25) is 9.59 Å². The van der Waals surface area contributed by atoms with E-state index in [1.165, 1.54) is 0 Å². The highest BCUT2D eigenvalue weighted by molar-refractivity contribution is 7.91. The lowest BCUT2D eigenvalue weighted by Gasteiger charge is -2.22. The Balaban J connectivity index is 0. The molecule has 0 aromatic carbocycles. The summed E-state index contributed by atoms with van der Waals surface area (Å²) in [5.74, 6) is -1.74. The Hall–Kier alpha value is -1.62. The number of carbonyl (C=O) groups is 2. The Labute approximate surface area is 206 Å². The number of unbranched alkanes of at least 4 members (excludes halogenated alkanes) is 4. The number of ether oxygens (including phenoxy) is 2. The second-order valence-electron chi connectivity index (χ2n) is 7.57. The molecule has 9 nitrogen and oxygen atoms in total. The highest BCUT2D eigenvalue weighted by Gasteiger charge is 2.51. The van der Waals surface area contributed by atoms with Gasteiger partial charge < -0.3 is 14.0 Å². The third kappa shape index (κ3) is 13.6. The zero-order valence-electron chi connectivity index (χ0n) is 20.0. The molecule has 2 atom stereocenters. The van der Waals surface area contributed by atoms with Crippen molar-refractivity contribution in [3.63, 3.8) is 0 Å². The molecule has 0 saturated heterocycles. The predicted molar refractivity (Wildman–Crippen MR) is 114 cm³/mol. The second-order valence-corrected chi connectivity index (χ2v) is 11.1. The molecular weight excluding hydrogens is 550 g/mol. The second kappa shape index (κ2) is 16.3. The van der Waals surface area contributed by atoms with E-state index in [4.69, 9.17) is 0 Å². The number of rotatable bonds is 16. The molecule has 0 aliphatic rings. The van der Waals surface area contributed by atoms with Gasteiger partial charge in [0, 0.05) is 19.1 Å². The molecule has 0 radical (unpaired) electrons. The van der Waals surface area contributed by atoms with E-state index < -0.39 is 68.0 Å². The highest BCUT2D eigenvalue weighted by Crippen LogP contribution is 2.28. The molecule has 0 heterocycles. The van der Waals surface area contributed by atoms with Crippen LogP contribution >= 0.6 is 0 Å². The van der Waals surface area contributed by atoms with Crippen LogP contribution in [0.3, 0.4) is 0 Å². The molecule has 0 spiro atoms. The van der Waals surface area contributed by atoms with E-state index >= 15 is 0 Å². The fraction of sp³-hybridized carbons (Fsp3) is 0.895. The summed E-state index contributed by atoms with van der Waals surface area (Å²) in [5.41, 5.74) is 0. The average molecular weight is 582 g/mol. The van der Waals surface area contributed by atoms with Crippen LogP contribution in [0.1, 0.15) is 65.2 Å². The standard InChI is InChI=1S/C11H19F3O5S.C8H13F3O4S/c1-2-3-4-5-6-7-10(15)19-8-9(12)11(13,14)20(16,17)18;1-3-4-7(12)15-5-6(9)8(10,11)16(2,13)14/h9H,2-8H2,1H3,(H,16,17,18);6H,3-5H2,1-2H3/p-1. The summed E-state index contributed by atoms with van der Waals surface area (Å²) >= 11 is 0. The minimum atomic E-state index is -6.13. The van der Waals surface area contributed by atoms with E-state index in [2.05, 4.69) is 9.47 Å². The molecule has 17 heteroatoms. The van der Waals surface area contributed by atoms with Gasteiger partial charge in [0.2, 0.25) is 22.2 Å². The molecular formula is C19H31F6O9S2-. The smallest absolute Gasteiger partial charge is 0.378 e. The molecule has 0 N–H and O–H groups in total. The molecule has 216 valence electrons. The zero-order chi connectivity index (χ0) is 28.8. The normalized spacial score (nSPS) is 14.3. The lowest BCUT2D eigenvalue weighted by molar-refractivity contribution is -0.149. The maximum Gasteiger partial charge on any atom is 0.378 e. The summed E-state index contributed by atoms with van der Waals surface area (Å²) in [6.45, 7) is 0.945. The van der Waals surface area contributed by atoms with Crippen LogP contribution in [0, 0.1) is 0 Å². The lowest BCUT2D eigenvalue weighted by atomic mass is 10.1. The van der Waals surface area contributed by atoms with E-state index in [9.17, 15) is 57.3 Å². The van der Waals surface area contributed by atoms with E-state index in [-0.39, 0.29) is 19.1 Å². The van der Waals surface area contributed by atoms with Gasteiger partial charge in [0.1, 0.15) is 13.2 Å². The van der Waals surface area contributed by atoms with Crippen molar-refractivity contribution in [2.24, 2.45) is 0 Å². The molecule has 0 aliphatic heterocycles. The van der Waals surface area contributed by atoms with Crippen molar-refractivity contribution in [1.29, 1.82) is 0 Å². The molecule has 0 rings (SSSR count). The van der Waals surface area contributed by atoms with Crippen molar-refractivity contribution >= 4 is 31.9 Å². The number of hydrogen-bond acceptors (Lipinski definition) is 9. The van der Waals surface area contributed by atoms with E-state index in [0.717, 1.165) is 25.7 Å². The van der Waals surface area contributed by atoms with Gasteiger partial charge in [-0.25, -0.2) is 25.6 Å². The number of carbonyl (C=O) groups excluding carboxylic acids is 2. The van der Waals surface area contributed by atoms with E-state index in [1.54, 1.807) is 6.92 Å². The first kappa shape index (κ1) is 36.5. The SMILES string of the molecule is CCCC(=O)OCC(F)C(F)(F)S(C)(=O)=O.CCCCCCCC(=O)OCC(F)C(F)(F)S(=O)(=O)[O-]. The van der Waals surface area contributed by atoms with Crippen LogP contribution in [0.25, 0.3) is 0 Å². The largest absolute Gasteiger partial charge is 0.743 e. The fourth-order valence-corrected chi connectivity index (χ4v) is 3.05. The molecule has 36 heavy (non-hydrogen) atoms. The number of hydrogen-bond donors (Lipinski definition) is 0. The first-order chi connectivity index (χ1) is 16.3. The molecule has 0 fully saturated rings. The average Bonchev–Trinajstić information content (AvgIpc) is 2.74. The monoisotopic (exact) mass is 581 g/mol. The topological polar surface area (TPSA) is 144 Å². The Bertz CT molecular complexity index is 880. The predicted octanol–water partition coefficient (Wildman–Crippen LogP) is 3.67. The van der Waals surface area contributed by atoms with Crippen LogP contribution in [0.4, 0.5) is 26.3 Å². The molecule has 0 aliphatic carbocycles. The fourth-order valence-electron chi connectivity index (χ4n) is 2.14. The Morgan fingerprint density at radius 3 is 1.56 bits per heavy atom. The zero-order valence-corrected chi connectivity index (χ0v) is 21.6. The first-order valence-electron chi connectivity index (χ1n) is 10.8. The van der Waals surface area contributed by atoms with Gasteiger partial charge >= 0.3 is 22.4 Å². The van der Waals surface area contributed by atoms with Crippen molar-refractivity contribution in [3.8, 4) is 0 Å². The van der Waals surface area contributed by atoms with Crippen LogP contribution in [0.15, 0.2) is 0 Å². The third-order valence-electron chi connectivity index (χ3n) is 4.28. The Morgan fingerprint density at radius 2 is 1.17 bits per heavy atom. The molecule has 2 unspecified atom stereocenters. The number of sulfone groups is 1. The molecule has 0 aromatic rings. The van der Waals surface area contributed by atoms with Crippen molar-refractivity contribution in [2.45, 2.75) is 88.1 Å². The minimum absolute atomic E-state index is 0.0306. The van der Waals surface area contributed by atoms with E-state index in [0.29, 0.717) is 12.8 Å². The maximum absolute atomic E-state index is 12.9. The van der Waals surface area contributed by atoms with Crippen LogP contribution in [0.5, 0.6) is 0 Å². The van der Waals surface area contributed by atoms with E-state index in [1.807, 2.05) is 6.92 Å². The molecule has 0 bridgehead atoms. The summed E-state index contributed by atoms with van der Waals surface area (Å²) in [4.78, 5) is 21.8. The summed E-state index contributed by atoms with van der Waals surface area (Å²) < 4.78 is 137. The van der Waals surface area contributed by atoms with Crippen molar-refractivity contribution in [2.75, 3.05) is 19.5 Å². The van der Waals surface area contributed by atoms with Gasteiger partial charge in [-0.05, 0) is 12.8 Å². The van der Waals surface area contributed by atoms with Crippen molar-refractivity contribution < 1.29 is 66.8 Å². The summed E-state index contributed by atoms with van der Waals surface area (Å²) in [6, 6.07) is 0. The summed E-state index contributed by atoms with van der Waals surface area (Å²) in [7, 11) is -11.0. The van der Waals surface area contributed by atoms with Crippen LogP contribution in [-0.2, 0) is 39.0 Å². The number of alkyl halides is 6. The van der Waals surface area contributed by atoms with Gasteiger partial charge in [0.25, 0.3) is 0 Å². The van der Waals surface area contributed by atoms with Crippen LogP contribution in [-0.4, -0.2) is 75.6 Å². The Kier molecular flexibility index (Phi) is 16.5. The molecule has 0 amide bonds. The van der Waals surface area contributed by atoms with Gasteiger partial charge in [0.05, 0.1) is 0 Å². The van der Waals surface area contributed by atoms with Crippen LogP contribution < -0.4 is 0 Å². The molecule has 0 saturated carbocycles.